The molecule has 0 saturated carbocycles. The highest BCUT2D eigenvalue weighted by molar-refractivity contribution is 5.92. The Bertz CT molecular complexity index is 919. The number of aryl methyl sites for hydroxylation is 1. The molecule has 2 heterocycles. The van der Waals surface area contributed by atoms with Crippen LogP contribution in [0.4, 0.5) is 11.4 Å². The molecule has 1 aliphatic rings. The van der Waals surface area contributed by atoms with Gasteiger partial charge in [-0.1, -0.05) is 23.4 Å². The van der Waals surface area contributed by atoms with Crippen molar-refractivity contribution in [2.45, 2.75) is 32.2 Å². The van der Waals surface area contributed by atoms with Crippen molar-refractivity contribution in [3.8, 4) is 5.69 Å². The smallest absolute Gasteiger partial charge is 0.224 e. The van der Waals surface area contributed by atoms with Gasteiger partial charge in [0.25, 0.3) is 0 Å². The van der Waals surface area contributed by atoms with Crippen LogP contribution in [0.3, 0.4) is 0 Å². The maximum atomic E-state index is 11.7. The van der Waals surface area contributed by atoms with Crippen LogP contribution in [0.2, 0.25) is 0 Å². The normalized spacial score (nSPS) is 14.9. The summed E-state index contributed by atoms with van der Waals surface area (Å²) in [6, 6.07) is 16.0. The van der Waals surface area contributed by atoms with Crippen LogP contribution < -0.4 is 10.6 Å². The average Bonchev–Trinajstić information content (AvgIpc) is 3.07. The molecule has 0 fully saturated rings. The molecule has 6 heteroatoms. The highest BCUT2D eigenvalue weighted by Gasteiger charge is 2.15. The molecule has 2 aromatic carbocycles. The van der Waals surface area contributed by atoms with Crippen LogP contribution in [0, 0.1) is 0 Å². The van der Waals surface area contributed by atoms with Gasteiger partial charge in [-0.25, -0.2) is 4.68 Å². The average molecular weight is 347 g/mol. The molecule has 1 unspecified atom stereocenters. The molecule has 1 aliphatic heterocycles. The molecule has 0 saturated heterocycles. The summed E-state index contributed by atoms with van der Waals surface area (Å²) in [6.45, 7) is 2.06. The lowest BCUT2D eigenvalue weighted by Gasteiger charge is -2.15. The third kappa shape index (κ3) is 3.44. The summed E-state index contributed by atoms with van der Waals surface area (Å²) in [6.07, 6.45) is 4.30. The number of nitrogens with zero attached hydrogens (tertiary/aromatic N) is 3. The van der Waals surface area contributed by atoms with Crippen LogP contribution in [0.5, 0.6) is 0 Å². The number of hydrogen-bond acceptors (Lipinski definition) is 4. The lowest BCUT2D eigenvalue weighted by molar-refractivity contribution is -0.116. The van der Waals surface area contributed by atoms with E-state index in [1.54, 1.807) is 4.68 Å². The molecule has 0 spiro atoms. The van der Waals surface area contributed by atoms with Gasteiger partial charge in [-0.2, -0.15) is 0 Å². The molecule has 2 N–H and O–H groups in total. The predicted molar refractivity (Wildman–Crippen MR) is 101 cm³/mol. The van der Waals surface area contributed by atoms with Crippen LogP contribution in [0.15, 0.2) is 54.7 Å². The summed E-state index contributed by atoms with van der Waals surface area (Å²) in [5.41, 5.74) is 4.96. The molecule has 3 aromatic rings. The Hall–Kier alpha value is -3.15. The SMILES string of the molecule is CC(Nc1ccc2c(c1)CCCC(=O)N2)c1cn(-c2ccccc2)nn1. The monoisotopic (exact) mass is 347 g/mol. The zero-order valence-electron chi connectivity index (χ0n) is 14.6. The third-order valence-electron chi connectivity index (χ3n) is 4.59. The number of carbonyl (C=O) groups is 1. The molecule has 0 aliphatic carbocycles. The summed E-state index contributed by atoms with van der Waals surface area (Å²) in [4.78, 5) is 11.7. The van der Waals surface area contributed by atoms with Gasteiger partial charge in [0.1, 0.15) is 5.69 Å². The van der Waals surface area contributed by atoms with Crippen molar-refractivity contribution in [2.75, 3.05) is 10.6 Å². The molecular weight excluding hydrogens is 326 g/mol. The fourth-order valence-corrected chi connectivity index (χ4v) is 3.17. The van der Waals surface area contributed by atoms with Crippen LogP contribution in [0.1, 0.15) is 37.1 Å². The first-order valence-corrected chi connectivity index (χ1v) is 8.86. The topological polar surface area (TPSA) is 71.8 Å². The van der Waals surface area contributed by atoms with Crippen molar-refractivity contribution in [1.29, 1.82) is 0 Å². The number of rotatable bonds is 4. The van der Waals surface area contributed by atoms with Gasteiger partial charge in [-0.05, 0) is 55.7 Å². The number of hydrogen-bond donors (Lipinski definition) is 2. The van der Waals surface area contributed by atoms with Gasteiger partial charge in [0.05, 0.1) is 17.9 Å². The standard InChI is InChI=1S/C20H21N5O/c1-14(19-13-25(24-23-19)17-7-3-2-4-8-17)21-16-10-11-18-15(12-16)6-5-9-20(26)22-18/h2-4,7-8,10-14,21H,5-6,9H2,1H3,(H,22,26). The quantitative estimate of drug-likeness (QED) is 0.754. The molecule has 6 nitrogen and oxygen atoms in total. The van der Waals surface area contributed by atoms with E-state index in [-0.39, 0.29) is 11.9 Å². The van der Waals surface area contributed by atoms with Crippen LogP contribution in [-0.2, 0) is 11.2 Å². The molecule has 0 radical (unpaired) electrons. The number of fused-ring (bicyclic) bond motifs is 1. The van der Waals surface area contributed by atoms with Crippen LogP contribution in [0.25, 0.3) is 5.69 Å². The summed E-state index contributed by atoms with van der Waals surface area (Å²) in [5, 5.41) is 15.0. The highest BCUT2D eigenvalue weighted by atomic mass is 16.1. The minimum absolute atomic E-state index is 0.0193. The van der Waals surface area contributed by atoms with Crippen LogP contribution in [-0.4, -0.2) is 20.9 Å². The lowest BCUT2D eigenvalue weighted by atomic mass is 10.1. The second kappa shape index (κ2) is 7.00. The van der Waals surface area contributed by atoms with E-state index >= 15 is 0 Å². The highest BCUT2D eigenvalue weighted by Crippen LogP contribution is 2.27. The second-order valence-electron chi connectivity index (χ2n) is 6.56. The molecule has 1 atom stereocenters. The van der Waals surface area contributed by atoms with Gasteiger partial charge >= 0.3 is 0 Å². The van der Waals surface area contributed by atoms with E-state index in [2.05, 4.69) is 33.9 Å². The van der Waals surface area contributed by atoms with Gasteiger partial charge in [0.15, 0.2) is 0 Å². The van der Waals surface area contributed by atoms with E-state index in [1.165, 1.54) is 5.56 Å². The Balaban J connectivity index is 1.50. The lowest BCUT2D eigenvalue weighted by Crippen LogP contribution is -2.10. The molecule has 132 valence electrons. The fraction of sp³-hybridized carbons (Fsp3) is 0.250. The van der Waals surface area contributed by atoms with Gasteiger partial charge in [-0.3, -0.25) is 4.79 Å². The minimum atomic E-state index is 0.0193. The molecule has 0 bridgehead atoms. The number of para-hydroxylation sites is 1. The van der Waals surface area contributed by atoms with E-state index in [1.807, 2.05) is 48.7 Å². The number of aromatic nitrogens is 3. The van der Waals surface area contributed by atoms with Crippen molar-refractivity contribution in [3.63, 3.8) is 0 Å². The molecule has 1 amide bonds. The van der Waals surface area contributed by atoms with Crippen molar-refractivity contribution in [2.24, 2.45) is 0 Å². The van der Waals surface area contributed by atoms with Crippen LogP contribution >= 0.6 is 0 Å². The zero-order chi connectivity index (χ0) is 17.9. The zero-order valence-corrected chi connectivity index (χ0v) is 14.6. The van der Waals surface area contributed by atoms with Gasteiger partial charge in [-0.15, -0.1) is 5.10 Å². The first-order valence-electron chi connectivity index (χ1n) is 8.86. The number of nitrogens with one attached hydrogen (secondary N) is 2. The van der Waals surface area contributed by atoms with E-state index in [9.17, 15) is 4.79 Å². The Morgan fingerprint density at radius 3 is 2.85 bits per heavy atom. The van der Waals surface area contributed by atoms with Crippen molar-refractivity contribution in [1.82, 2.24) is 15.0 Å². The second-order valence-corrected chi connectivity index (χ2v) is 6.56. The number of carbonyl (C=O) groups excluding carboxylic acids is 1. The summed E-state index contributed by atoms with van der Waals surface area (Å²) < 4.78 is 1.78. The molecule has 26 heavy (non-hydrogen) atoms. The Labute approximate surface area is 152 Å². The molecule has 1 aromatic heterocycles. The predicted octanol–water partition coefficient (Wildman–Crippen LogP) is 3.72. The molecule has 4 rings (SSSR count). The summed E-state index contributed by atoms with van der Waals surface area (Å²) in [7, 11) is 0. The first-order chi connectivity index (χ1) is 12.7. The van der Waals surface area contributed by atoms with Gasteiger partial charge in [0, 0.05) is 17.8 Å². The van der Waals surface area contributed by atoms with E-state index in [0.717, 1.165) is 35.6 Å². The summed E-state index contributed by atoms with van der Waals surface area (Å²) >= 11 is 0. The first kappa shape index (κ1) is 16.3. The molecular formula is C20H21N5O. The van der Waals surface area contributed by atoms with Crippen molar-refractivity contribution in [3.05, 3.63) is 66.0 Å². The van der Waals surface area contributed by atoms with E-state index in [0.29, 0.717) is 6.42 Å². The maximum Gasteiger partial charge on any atom is 0.224 e. The third-order valence-corrected chi connectivity index (χ3v) is 4.59. The Kier molecular flexibility index (Phi) is 4.39. The fourth-order valence-electron chi connectivity index (χ4n) is 3.17. The minimum Gasteiger partial charge on any atom is -0.377 e. The largest absolute Gasteiger partial charge is 0.377 e. The van der Waals surface area contributed by atoms with Gasteiger partial charge < -0.3 is 10.6 Å². The maximum absolute atomic E-state index is 11.7. The van der Waals surface area contributed by atoms with E-state index < -0.39 is 0 Å². The number of benzene rings is 2. The number of anilines is 2. The Morgan fingerprint density at radius 2 is 2.00 bits per heavy atom. The van der Waals surface area contributed by atoms with Crippen molar-refractivity contribution >= 4 is 17.3 Å². The van der Waals surface area contributed by atoms with E-state index in [4.69, 9.17) is 0 Å². The Morgan fingerprint density at radius 1 is 1.15 bits per heavy atom. The number of amides is 1. The summed E-state index contributed by atoms with van der Waals surface area (Å²) in [5.74, 6) is 0.0929. The van der Waals surface area contributed by atoms with Gasteiger partial charge in [0.2, 0.25) is 5.91 Å². The van der Waals surface area contributed by atoms with Crippen molar-refractivity contribution < 1.29 is 4.79 Å².